The molecular formula is C11H18N6O. The van der Waals surface area contributed by atoms with E-state index in [2.05, 4.69) is 20.7 Å². The van der Waals surface area contributed by atoms with Crippen molar-refractivity contribution in [3.05, 3.63) is 12.4 Å². The predicted octanol–water partition coefficient (Wildman–Crippen LogP) is 0.185. The van der Waals surface area contributed by atoms with E-state index in [9.17, 15) is 4.79 Å². The molecule has 18 heavy (non-hydrogen) atoms. The molecule has 0 radical (unpaired) electrons. The molecule has 1 unspecified atom stereocenters. The highest BCUT2D eigenvalue weighted by molar-refractivity contribution is 5.84. The average molecular weight is 250 g/mol. The Balaban J connectivity index is 1.97. The minimum Gasteiger partial charge on any atom is -0.357 e. The number of rotatable bonds is 4. The zero-order valence-electron chi connectivity index (χ0n) is 10.4. The van der Waals surface area contributed by atoms with Crippen molar-refractivity contribution in [2.24, 2.45) is 5.84 Å². The van der Waals surface area contributed by atoms with Crippen LogP contribution in [0.2, 0.25) is 0 Å². The molecule has 4 N–H and O–H groups in total. The summed E-state index contributed by atoms with van der Waals surface area (Å²) in [6, 6.07) is -0.314. The first-order valence-corrected chi connectivity index (χ1v) is 6.04. The van der Waals surface area contributed by atoms with Crippen molar-refractivity contribution < 1.29 is 4.79 Å². The number of hydrogen-bond donors (Lipinski definition) is 3. The molecule has 1 saturated heterocycles. The third-order valence-electron chi connectivity index (χ3n) is 2.93. The summed E-state index contributed by atoms with van der Waals surface area (Å²) in [5.41, 5.74) is 2.42. The second-order valence-electron chi connectivity index (χ2n) is 4.33. The van der Waals surface area contributed by atoms with Gasteiger partial charge in [0.1, 0.15) is 11.9 Å². The third kappa shape index (κ3) is 2.86. The zero-order chi connectivity index (χ0) is 13.0. The van der Waals surface area contributed by atoms with Crippen LogP contribution in [0.3, 0.4) is 0 Å². The number of nitrogens with zero attached hydrogens (tertiary/aromatic N) is 3. The molecule has 1 amide bonds. The highest BCUT2D eigenvalue weighted by Crippen LogP contribution is 2.12. The Morgan fingerprint density at radius 3 is 2.72 bits per heavy atom. The quantitative estimate of drug-likeness (QED) is 0.521. The fourth-order valence-corrected chi connectivity index (χ4v) is 2.00. The van der Waals surface area contributed by atoms with Gasteiger partial charge < -0.3 is 15.6 Å². The van der Waals surface area contributed by atoms with Gasteiger partial charge in [-0.1, -0.05) is 0 Å². The van der Waals surface area contributed by atoms with Gasteiger partial charge in [-0.15, -0.1) is 0 Å². The van der Waals surface area contributed by atoms with E-state index in [1.165, 1.54) is 6.20 Å². The molecule has 1 aromatic rings. The molecule has 1 atom stereocenters. The smallest absolute Gasteiger partial charge is 0.244 e. The van der Waals surface area contributed by atoms with Crippen LogP contribution in [0.1, 0.15) is 19.8 Å². The second kappa shape index (κ2) is 5.63. The SMILES string of the molecule is CC(Nc1cncc(NN)n1)C(=O)N1CCCC1. The van der Waals surface area contributed by atoms with Gasteiger partial charge in [-0.3, -0.25) is 9.78 Å². The highest BCUT2D eigenvalue weighted by Gasteiger charge is 2.23. The maximum Gasteiger partial charge on any atom is 0.244 e. The molecular weight excluding hydrogens is 232 g/mol. The van der Waals surface area contributed by atoms with Crippen LogP contribution in [0, 0.1) is 0 Å². The average Bonchev–Trinajstić information content (AvgIpc) is 2.92. The summed E-state index contributed by atoms with van der Waals surface area (Å²) >= 11 is 0. The van der Waals surface area contributed by atoms with Crippen molar-refractivity contribution in [1.82, 2.24) is 14.9 Å². The Morgan fingerprint density at radius 2 is 2.06 bits per heavy atom. The van der Waals surface area contributed by atoms with E-state index in [0.29, 0.717) is 11.6 Å². The monoisotopic (exact) mass is 250 g/mol. The number of anilines is 2. The first-order valence-electron chi connectivity index (χ1n) is 6.04. The fraction of sp³-hybridized carbons (Fsp3) is 0.545. The molecule has 7 heteroatoms. The second-order valence-corrected chi connectivity index (χ2v) is 4.33. The van der Waals surface area contributed by atoms with Crippen molar-refractivity contribution in [2.45, 2.75) is 25.8 Å². The lowest BCUT2D eigenvalue weighted by molar-refractivity contribution is -0.130. The number of hydrogen-bond acceptors (Lipinski definition) is 6. The summed E-state index contributed by atoms with van der Waals surface area (Å²) in [7, 11) is 0. The number of hydrazine groups is 1. The zero-order valence-corrected chi connectivity index (χ0v) is 10.4. The van der Waals surface area contributed by atoms with Crippen LogP contribution in [-0.2, 0) is 4.79 Å². The molecule has 2 heterocycles. The molecule has 2 rings (SSSR count). The molecule has 0 saturated carbocycles. The van der Waals surface area contributed by atoms with E-state index in [4.69, 9.17) is 5.84 Å². The van der Waals surface area contributed by atoms with Crippen LogP contribution in [-0.4, -0.2) is 39.9 Å². The molecule has 0 spiro atoms. The summed E-state index contributed by atoms with van der Waals surface area (Å²) in [5, 5.41) is 3.03. The summed E-state index contributed by atoms with van der Waals surface area (Å²) in [4.78, 5) is 22.1. The fourth-order valence-electron chi connectivity index (χ4n) is 2.00. The van der Waals surface area contributed by atoms with Crippen molar-refractivity contribution in [1.29, 1.82) is 0 Å². The Hall–Kier alpha value is -1.89. The Kier molecular flexibility index (Phi) is 3.93. The first kappa shape index (κ1) is 12.6. The van der Waals surface area contributed by atoms with Crippen LogP contribution < -0.4 is 16.6 Å². The molecule has 98 valence electrons. The summed E-state index contributed by atoms with van der Waals surface area (Å²) in [5.74, 6) is 6.34. The van der Waals surface area contributed by atoms with E-state index in [1.54, 1.807) is 6.20 Å². The van der Waals surface area contributed by atoms with Crippen molar-refractivity contribution >= 4 is 17.5 Å². The van der Waals surface area contributed by atoms with Gasteiger partial charge in [0.2, 0.25) is 5.91 Å². The van der Waals surface area contributed by atoms with Gasteiger partial charge in [0.25, 0.3) is 0 Å². The molecule has 1 fully saturated rings. The van der Waals surface area contributed by atoms with E-state index in [-0.39, 0.29) is 11.9 Å². The van der Waals surface area contributed by atoms with Crippen LogP contribution >= 0.6 is 0 Å². The Labute approximate surface area is 106 Å². The number of carbonyl (C=O) groups excluding carboxylic acids is 1. The van der Waals surface area contributed by atoms with Gasteiger partial charge in [-0.25, -0.2) is 10.8 Å². The lowest BCUT2D eigenvalue weighted by Crippen LogP contribution is -2.39. The number of nitrogens with two attached hydrogens (primary N) is 1. The number of amides is 1. The van der Waals surface area contributed by atoms with Crippen LogP contribution in [0.25, 0.3) is 0 Å². The van der Waals surface area contributed by atoms with Crippen molar-refractivity contribution in [3.8, 4) is 0 Å². The van der Waals surface area contributed by atoms with E-state index < -0.39 is 0 Å². The number of carbonyl (C=O) groups is 1. The Bertz CT molecular complexity index is 418. The summed E-state index contributed by atoms with van der Waals surface area (Å²) in [6.45, 7) is 3.52. The molecule has 1 aliphatic heterocycles. The number of likely N-dealkylation sites (tertiary alicyclic amines) is 1. The van der Waals surface area contributed by atoms with E-state index in [0.717, 1.165) is 25.9 Å². The molecule has 1 aromatic heterocycles. The molecule has 0 aromatic carbocycles. The molecule has 7 nitrogen and oxygen atoms in total. The largest absolute Gasteiger partial charge is 0.357 e. The predicted molar refractivity (Wildman–Crippen MR) is 68.7 cm³/mol. The molecule has 0 aliphatic carbocycles. The topological polar surface area (TPSA) is 96.2 Å². The standard InChI is InChI=1S/C11H18N6O/c1-8(11(18)17-4-2-3-5-17)14-9-6-13-7-10(15-9)16-12/h6-8H,2-5,12H2,1H3,(H2,14,15,16). The lowest BCUT2D eigenvalue weighted by Gasteiger charge is -2.21. The van der Waals surface area contributed by atoms with Crippen LogP contribution in [0.4, 0.5) is 11.6 Å². The number of aromatic nitrogens is 2. The molecule has 0 bridgehead atoms. The third-order valence-corrected chi connectivity index (χ3v) is 2.93. The summed E-state index contributed by atoms with van der Waals surface area (Å²) < 4.78 is 0. The van der Waals surface area contributed by atoms with E-state index >= 15 is 0 Å². The van der Waals surface area contributed by atoms with Gasteiger partial charge in [-0.2, -0.15) is 0 Å². The number of nitrogens with one attached hydrogen (secondary N) is 2. The Morgan fingerprint density at radius 1 is 1.39 bits per heavy atom. The first-order chi connectivity index (χ1) is 8.70. The van der Waals surface area contributed by atoms with Gasteiger partial charge in [0.05, 0.1) is 12.4 Å². The van der Waals surface area contributed by atoms with Crippen LogP contribution in [0.15, 0.2) is 12.4 Å². The summed E-state index contributed by atoms with van der Waals surface area (Å²) in [6.07, 6.45) is 5.25. The number of nitrogen functional groups attached to an aromatic ring is 1. The molecule has 1 aliphatic rings. The lowest BCUT2D eigenvalue weighted by atomic mass is 10.3. The van der Waals surface area contributed by atoms with Gasteiger partial charge in [0, 0.05) is 13.1 Å². The maximum atomic E-state index is 12.1. The minimum atomic E-state index is -0.314. The maximum absolute atomic E-state index is 12.1. The van der Waals surface area contributed by atoms with Gasteiger partial charge in [-0.05, 0) is 19.8 Å². The van der Waals surface area contributed by atoms with Crippen molar-refractivity contribution in [3.63, 3.8) is 0 Å². The van der Waals surface area contributed by atoms with E-state index in [1.807, 2.05) is 11.8 Å². The highest BCUT2D eigenvalue weighted by atomic mass is 16.2. The normalized spacial score (nSPS) is 16.4. The van der Waals surface area contributed by atoms with Crippen molar-refractivity contribution in [2.75, 3.05) is 23.8 Å². The van der Waals surface area contributed by atoms with Gasteiger partial charge >= 0.3 is 0 Å². The van der Waals surface area contributed by atoms with Gasteiger partial charge in [0.15, 0.2) is 5.82 Å². The minimum absolute atomic E-state index is 0.0976. The van der Waals surface area contributed by atoms with Crippen LogP contribution in [0.5, 0.6) is 0 Å².